The molecular weight excluding hydrogens is 300 g/mol. The number of aliphatic hydroxyl groups excluding tert-OH is 1. The van der Waals surface area contributed by atoms with Gasteiger partial charge in [-0.2, -0.15) is 0 Å². The topological polar surface area (TPSA) is 93.0 Å². The molecule has 3 aromatic rings. The average molecular weight is 318 g/mol. The van der Waals surface area contributed by atoms with Crippen molar-refractivity contribution in [2.24, 2.45) is 0 Å². The van der Waals surface area contributed by atoms with Crippen molar-refractivity contribution in [2.45, 2.75) is 32.0 Å². The van der Waals surface area contributed by atoms with Gasteiger partial charge in [-0.25, -0.2) is 4.79 Å². The van der Waals surface area contributed by atoms with Crippen LogP contribution in [0.25, 0.3) is 21.9 Å². The summed E-state index contributed by atoms with van der Waals surface area (Å²) < 4.78 is 16.3. The van der Waals surface area contributed by atoms with Gasteiger partial charge in [-0.3, -0.25) is 0 Å². The second-order valence-corrected chi connectivity index (χ2v) is 6.05. The summed E-state index contributed by atoms with van der Waals surface area (Å²) in [5.74, 6) is 0.453. The number of aliphatic hydroxyl groups is 2. The monoisotopic (exact) mass is 318 g/mol. The van der Waals surface area contributed by atoms with Crippen LogP contribution in [-0.4, -0.2) is 29.0 Å². The molecule has 23 heavy (non-hydrogen) atoms. The number of methoxy groups -OCH3 is 1. The predicted molar refractivity (Wildman–Crippen MR) is 84.8 cm³/mol. The molecule has 0 aliphatic rings. The molecule has 2 heterocycles. The molecule has 2 N–H and O–H groups in total. The lowest BCUT2D eigenvalue weighted by molar-refractivity contribution is -0.0469. The first-order valence-corrected chi connectivity index (χ1v) is 7.23. The quantitative estimate of drug-likeness (QED) is 0.717. The molecule has 6 heteroatoms. The lowest BCUT2D eigenvalue weighted by atomic mass is 9.92. The maximum absolute atomic E-state index is 11.6. The van der Waals surface area contributed by atoms with Crippen LogP contribution in [0, 0.1) is 0 Å². The zero-order valence-corrected chi connectivity index (χ0v) is 13.1. The molecule has 1 atom stereocenters. The minimum Gasteiger partial charge on any atom is -0.492 e. The van der Waals surface area contributed by atoms with E-state index in [1.165, 1.54) is 33.3 Å². The van der Waals surface area contributed by atoms with Crippen molar-refractivity contribution in [1.29, 1.82) is 0 Å². The third-order valence-corrected chi connectivity index (χ3v) is 3.97. The highest BCUT2D eigenvalue weighted by molar-refractivity contribution is 6.07. The van der Waals surface area contributed by atoms with Gasteiger partial charge in [0.05, 0.1) is 30.5 Å². The van der Waals surface area contributed by atoms with E-state index >= 15 is 0 Å². The van der Waals surface area contributed by atoms with Crippen LogP contribution in [0.1, 0.15) is 19.4 Å². The van der Waals surface area contributed by atoms with E-state index < -0.39 is 17.3 Å². The van der Waals surface area contributed by atoms with Crippen LogP contribution in [0.15, 0.2) is 38.1 Å². The van der Waals surface area contributed by atoms with Crippen molar-refractivity contribution < 1.29 is 23.8 Å². The molecule has 3 rings (SSSR count). The highest BCUT2D eigenvalue weighted by atomic mass is 16.5. The third-order valence-electron chi connectivity index (χ3n) is 3.97. The van der Waals surface area contributed by atoms with Crippen LogP contribution < -0.4 is 10.4 Å². The Morgan fingerprint density at radius 3 is 2.61 bits per heavy atom. The first-order chi connectivity index (χ1) is 10.8. The first kappa shape index (κ1) is 15.6. The van der Waals surface area contributed by atoms with Crippen LogP contribution in [0.2, 0.25) is 0 Å². The highest BCUT2D eigenvalue weighted by Gasteiger charge is 2.28. The van der Waals surface area contributed by atoms with Crippen molar-refractivity contribution in [1.82, 2.24) is 0 Å². The minimum atomic E-state index is -1.29. The maximum atomic E-state index is 11.6. The van der Waals surface area contributed by atoms with Gasteiger partial charge in [0, 0.05) is 23.4 Å². The SMILES string of the molecule is COc1c(CC(O)C(C)(C)O)c2ccc(=O)oc2c2ccoc12. The zero-order valence-electron chi connectivity index (χ0n) is 13.1. The Balaban J connectivity index is 2.34. The van der Waals surface area contributed by atoms with Crippen molar-refractivity contribution in [3.63, 3.8) is 0 Å². The Morgan fingerprint density at radius 2 is 1.96 bits per heavy atom. The maximum Gasteiger partial charge on any atom is 0.336 e. The fourth-order valence-corrected chi connectivity index (χ4v) is 2.64. The van der Waals surface area contributed by atoms with Crippen molar-refractivity contribution in [2.75, 3.05) is 7.11 Å². The summed E-state index contributed by atoms with van der Waals surface area (Å²) in [5.41, 5.74) is -0.333. The van der Waals surface area contributed by atoms with Gasteiger partial charge in [-0.1, -0.05) is 0 Å². The van der Waals surface area contributed by atoms with E-state index in [4.69, 9.17) is 13.6 Å². The normalized spacial score (nSPS) is 13.6. The number of furan rings is 1. The van der Waals surface area contributed by atoms with E-state index in [2.05, 4.69) is 0 Å². The van der Waals surface area contributed by atoms with Crippen LogP contribution in [0.3, 0.4) is 0 Å². The molecule has 0 aliphatic heterocycles. The summed E-state index contributed by atoms with van der Waals surface area (Å²) in [7, 11) is 1.50. The highest BCUT2D eigenvalue weighted by Crippen LogP contribution is 2.39. The lowest BCUT2D eigenvalue weighted by Crippen LogP contribution is -2.37. The Morgan fingerprint density at radius 1 is 1.22 bits per heavy atom. The summed E-state index contributed by atoms with van der Waals surface area (Å²) in [6.45, 7) is 3.05. The standard InChI is InChI=1S/C17H18O6/c1-17(2,20)12(18)8-11-9-4-5-13(19)23-14(9)10-6-7-22-16(10)15(11)21-3/h4-7,12,18,20H,8H2,1-3H3. The van der Waals surface area contributed by atoms with Gasteiger partial charge in [-0.05, 0) is 26.0 Å². The number of fused-ring (bicyclic) bond motifs is 3. The molecule has 0 aliphatic carbocycles. The van der Waals surface area contributed by atoms with E-state index in [9.17, 15) is 15.0 Å². The Bertz CT molecular complexity index is 912. The zero-order chi connectivity index (χ0) is 16.8. The molecule has 0 fully saturated rings. The number of rotatable bonds is 4. The fraction of sp³-hybridized carbons (Fsp3) is 0.353. The largest absolute Gasteiger partial charge is 0.492 e. The molecule has 1 aromatic carbocycles. The molecule has 0 saturated carbocycles. The van der Waals surface area contributed by atoms with Gasteiger partial charge in [0.1, 0.15) is 5.58 Å². The fourth-order valence-electron chi connectivity index (χ4n) is 2.64. The third kappa shape index (κ3) is 2.60. The molecule has 2 aromatic heterocycles. The first-order valence-electron chi connectivity index (χ1n) is 7.23. The Kier molecular flexibility index (Phi) is 3.66. The Hall–Kier alpha value is -2.31. The van der Waals surface area contributed by atoms with E-state index in [-0.39, 0.29) is 6.42 Å². The molecule has 0 radical (unpaired) electrons. The van der Waals surface area contributed by atoms with Crippen molar-refractivity contribution in [3.05, 3.63) is 40.4 Å². The van der Waals surface area contributed by atoms with E-state index in [1.54, 1.807) is 12.1 Å². The lowest BCUT2D eigenvalue weighted by Gasteiger charge is -2.25. The molecule has 0 saturated heterocycles. The van der Waals surface area contributed by atoms with Crippen LogP contribution in [0.4, 0.5) is 0 Å². The van der Waals surface area contributed by atoms with E-state index in [0.29, 0.717) is 33.3 Å². The van der Waals surface area contributed by atoms with Crippen molar-refractivity contribution >= 4 is 21.9 Å². The molecule has 122 valence electrons. The number of hydrogen-bond acceptors (Lipinski definition) is 6. The van der Waals surface area contributed by atoms with Gasteiger partial charge < -0.3 is 23.8 Å². The van der Waals surface area contributed by atoms with Crippen LogP contribution in [-0.2, 0) is 6.42 Å². The van der Waals surface area contributed by atoms with Crippen molar-refractivity contribution in [3.8, 4) is 5.75 Å². The molecule has 0 bridgehead atoms. The molecule has 0 spiro atoms. The second kappa shape index (κ2) is 5.40. The summed E-state index contributed by atoms with van der Waals surface area (Å²) in [6.07, 6.45) is 0.572. The van der Waals surface area contributed by atoms with Gasteiger partial charge in [0.25, 0.3) is 0 Å². The average Bonchev–Trinajstić information content (AvgIpc) is 2.95. The van der Waals surface area contributed by atoms with E-state index in [1.807, 2.05) is 0 Å². The molecule has 0 amide bonds. The second-order valence-electron chi connectivity index (χ2n) is 6.05. The van der Waals surface area contributed by atoms with Crippen LogP contribution >= 0.6 is 0 Å². The number of ether oxygens (including phenoxy) is 1. The van der Waals surface area contributed by atoms with Crippen LogP contribution in [0.5, 0.6) is 5.75 Å². The predicted octanol–water partition coefficient (Wildman–Crippen LogP) is 2.22. The van der Waals surface area contributed by atoms with Gasteiger partial charge in [0.15, 0.2) is 11.3 Å². The van der Waals surface area contributed by atoms with Gasteiger partial charge >= 0.3 is 5.63 Å². The van der Waals surface area contributed by atoms with Gasteiger partial charge in [0.2, 0.25) is 0 Å². The summed E-state index contributed by atoms with van der Waals surface area (Å²) in [5, 5.41) is 21.5. The summed E-state index contributed by atoms with van der Waals surface area (Å²) >= 11 is 0. The molecule has 1 unspecified atom stereocenters. The molecular formula is C17H18O6. The van der Waals surface area contributed by atoms with E-state index in [0.717, 1.165) is 0 Å². The Labute approximate surface area is 131 Å². The minimum absolute atomic E-state index is 0.119. The van der Waals surface area contributed by atoms with Gasteiger partial charge in [-0.15, -0.1) is 0 Å². The summed E-state index contributed by atoms with van der Waals surface area (Å²) in [4.78, 5) is 11.6. The summed E-state index contributed by atoms with van der Waals surface area (Å²) in [6, 6.07) is 4.63. The number of benzene rings is 1. The smallest absolute Gasteiger partial charge is 0.336 e. The number of hydrogen-bond donors (Lipinski definition) is 2. The molecule has 6 nitrogen and oxygen atoms in total.